The number of nitrogens with zero attached hydrogens (tertiary/aromatic N) is 1. The molecule has 0 radical (unpaired) electrons. The Balaban J connectivity index is 2.46. The molecule has 1 aliphatic rings. The molecule has 0 amide bonds. The molecule has 0 spiro atoms. The van der Waals surface area contributed by atoms with Crippen molar-refractivity contribution in [3.8, 4) is 0 Å². The van der Waals surface area contributed by atoms with E-state index < -0.39 is 0 Å². The van der Waals surface area contributed by atoms with Gasteiger partial charge in [0.15, 0.2) is 0 Å². The monoisotopic (exact) mass is 226 g/mol. The van der Waals surface area contributed by atoms with Crippen LogP contribution < -0.4 is 5.32 Å². The van der Waals surface area contributed by atoms with Crippen molar-refractivity contribution in [2.45, 2.75) is 71.4 Å². The lowest BCUT2D eigenvalue weighted by atomic mass is 9.92. The molecule has 96 valence electrons. The molecule has 2 heteroatoms. The van der Waals surface area contributed by atoms with E-state index in [1.54, 1.807) is 0 Å². The predicted octanol–water partition coefficient (Wildman–Crippen LogP) is 3.03. The van der Waals surface area contributed by atoms with E-state index in [2.05, 4.69) is 37.9 Å². The fourth-order valence-electron chi connectivity index (χ4n) is 2.99. The van der Waals surface area contributed by atoms with Gasteiger partial charge in [-0.1, -0.05) is 33.1 Å². The zero-order chi connectivity index (χ0) is 12.0. The molecule has 0 aromatic rings. The Labute approximate surface area is 102 Å². The molecule has 0 heterocycles. The van der Waals surface area contributed by atoms with Crippen molar-refractivity contribution in [1.29, 1.82) is 0 Å². The largest absolute Gasteiger partial charge is 0.311 e. The number of hydrogen-bond acceptors (Lipinski definition) is 2. The molecule has 0 aliphatic heterocycles. The normalized spacial score (nSPS) is 19.3. The molecule has 1 saturated carbocycles. The van der Waals surface area contributed by atoms with Gasteiger partial charge in [-0.25, -0.2) is 0 Å². The SMILES string of the molecule is CCNC(C)(C)CN(CC)C1CCCCC1. The van der Waals surface area contributed by atoms with E-state index >= 15 is 0 Å². The Hall–Kier alpha value is -0.0800. The van der Waals surface area contributed by atoms with Crippen LogP contribution in [0.2, 0.25) is 0 Å². The topological polar surface area (TPSA) is 15.3 Å². The first kappa shape index (κ1) is 14.0. The summed E-state index contributed by atoms with van der Waals surface area (Å²) in [6.45, 7) is 12.6. The lowest BCUT2D eigenvalue weighted by Crippen LogP contribution is -2.52. The van der Waals surface area contributed by atoms with Crippen molar-refractivity contribution < 1.29 is 0 Å². The van der Waals surface area contributed by atoms with Crippen molar-refractivity contribution >= 4 is 0 Å². The van der Waals surface area contributed by atoms with E-state index in [1.165, 1.54) is 45.2 Å². The second-order valence-electron chi connectivity index (χ2n) is 5.77. The Morgan fingerprint density at radius 1 is 1.12 bits per heavy atom. The number of rotatable bonds is 6. The van der Waals surface area contributed by atoms with Crippen LogP contribution in [-0.2, 0) is 0 Å². The summed E-state index contributed by atoms with van der Waals surface area (Å²) >= 11 is 0. The predicted molar refractivity (Wildman–Crippen MR) is 71.9 cm³/mol. The molecule has 1 aliphatic carbocycles. The Kier molecular flexibility index (Phi) is 5.77. The minimum Gasteiger partial charge on any atom is -0.311 e. The summed E-state index contributed by atoms with van der Waals surface area (Å²) < 4.78 is 0. The van der Waals surface area contributed by atoms with Gasteiger partial charge in [-0.2, -0.15) is 0 Å². The average Bonchev–Trinajstić information content (AvgIpc) is 2.27. The summed E-state index contributed by atoms with van der Waals surface area (Å²) in [7, 11) is 0. The van der Waals surface area contributed by atoms with Gasteiger partial charge in [0.1, 0.15) is 0 Å². The minimum atomic E-state index is 0.252. The molecule has 0 aromatic carbocycles. The smallest absolute Gasteiger partial charge is 0.0252 e. The summed E-state index contributed by atoms with van der Waals surface area (Å²) in [4.78, 5) is 2.68. The maximum absolute atomic E-state index is 3.58. The summed E-state index contributed by atoms with van der Waals surface area (Å²) in [5.41, 5.74) is 0.252. The molecule has 1 rings (SSSR count). The van der Waals surface area contributed by atoms with Gasteiger partial charge in [-0.05, 0) is 39.8 Å². The first-order valence-corrected chi connectivity index (χ1v) is 7.08. The molecule has 0 saturated heterocycles. The van der Waals surface area contributed by atoms with Gasteiger partial charge in [-0.3, -0.25) is 4.90 Å². The highest BCUT2D eigenvalue weighted by molar-refractivity contribution is 4.85. The van der Waals surface area contributed by atoms with Crippen LogP contribution in [-0.4, -0.2) is 36.1 Å². The zero-order valence-electron chi connectivity index (χ0n) is 11.7. The molecular formula is C14H30N2. The van der Waals surface area contributed by atoms with Gasteiger partial charge < -0.3 is 5.32 Å². The van der Waals surface area contributed by atoms with E-state index in [-0.39, 0.29) is 5.54 Å². The average molecular weight is 226 g/mol. The summed E-state index contributed by atoms with van der Waals surface area (Å²) in [5, 5.41) is 3.58. The summed E-state index contributed by atoms with van der Waals surface area (Å²) in [5.74, 6) is 0. The van der Waals surface area contributed by atoms with Crippen LogP contribution in [0.5, 0.6) is 0 Å². The minimum absolute atomic E-state index is 0.252. The third-order valence-corrected chi connectivity index (χ3v) is 3.75. The first-order valence-electron chi connectivity index (χ1n) is 7.08. The highest BCUT2D eigenvalue weighted by Gasteiger charge is 2.25. The van der Waals surface area contributed by atoms with Crippen molar-refractivity contribution in [2.24, 2.45) is 0 Å². The van der Waals surface area contributed by atoms with Gasteiger partial charge in [0.2, 0.25) is 0 Å². The molecule has 16 heavy (non-hydrogen) atoms. The standard InChI is InChI=1S/C14H30N2/c1-5-15-14(3,4)12-16(6-2)13-10-8-7-9-11-13/h13,15H,5-12H2,1-4H3. The third-order valence-electron chi connectivity index (χ3n) is 3.75. The zero-order valence-corrected chi connectivity index (χ0v) is 11.7. The van der Waals surface area contributed by atoms with Crippen LogP contribution in [0, 0.1) is 0 Å². The van der Waals surface area contributed by atoms with E-state index in [1.807, 2.05) is 0 Å². The van der Waals surface area contributed by atoms with Gasteiger partial charge in [-0.15, -0.1) is 0 Å². The van der Waals surface area contributed by atoms with Crippen LogP contribution in [0.4, 0.5) is 0 Å². The van der Waals surface area contributed by atoms with Crippen LogP contribution in [0.15, 0.2) is 0 Å². The number of hydrogen-bond donors (Lipinski definition) is 1. The molecule has 1 fully saturated rings. The van der Waals surface area contributed by atoms with Gasteiger partial charge in [0, 0.05) is 18.1 Å². The summed E-state index contributed by atoms with van der Waals surface area (Å²) in [6, 6.07) is 0.844. The van der Waals surface area contributed by atoms with Crippen molar-refractivity contribution in [3.63, 3.8) is 0 Å². The van der Waals surface area contributed by atoms with Crippen LogP contribution in [0.1, 0.15) is 59.8 Å². The third kappa shape index (κ3) is 4.42. The van der Waals surface area contributed by atoms with E-state index in [0.29, 0.717) is 0 Å². The van der Waals surface area contributed by atoms with Crippen LogP contribution >= 0.6 is 0 Å². The van der Waals surface area contributed by atoms with Crippen LogP contribution in [0.3, 0.4) is 0 Å². The summed E-state index contributed by atoms with van der Waals surface area (Å²) in [6.07, 6.45) is 7.14. The van der Waals surface area contributed by atoms with Crippen LogP contribution in [0.25, 0.3) is 0 Å². The Morgan fingerprint density at radius 3 is 2.25 bits per heavy atom. The van der Waals surface area contributed by atoms with E-state index in [9.17, 15) is 0 Å². The highest BCUT2D eigenvalue weighted by Crippen LogP contribution is 2.23. The van der Waals surface area contributed by atoms with Gasteiger partial charge >= 0.3 is 0 Å². The maximum Gasteiger partial charge on any atom is 0.0252 e. The molecule has 0 atom stereocenters. The van der Waals surface area contributed by atoms with Crippen molar-refractivity contribution in [1.82, 2.24) is 10.2 Å². The Morgan fingerprint density at radius 2 is 1.75 bits per heavy atom. The fraction of sp³-hybridized carbons (Fsp3) is 1.00. The van der Waals surface area contributed by atoms with Gasteiger partial charge in [0.25, 0.3) is 0 Å². The highest BCUT2D eigenvalue weighted by atomic mass is 15.2. The molecule has 0 aromatic heterocycles. The lowest BCUT2D eigenvalue weighted by Gasteiger charge is -2.39. The second kappa shape index (κ2) is 6.61. The van der Waals surface area contributed by atoms with Crippen molar-refractivity contribution in [3.05, 3.63) is 0 Å². The van der Waals surface area contributed by atoms with E-state index in [4.69, 9.17) is 0 Å². The lowest BCUT2D eigenvalue weighted by molar-refractivity contribution is 0.126. The molecule has 2 nitrogen and oxygen atoms in total. The number of nitrogens with one attached hydrogen (secondary N) is 1. The fourth-order valence-corrected chi connectivity index (χ4v) is 2.99. The second-order valence-corrected chi connectivity index (χ2v) is 5.77. The molecule has 1 N–H and O–H groups in total. The van der Waals surface area contributed by atoms with E-state index in [0.717, 1.165) is 12.6 Å². The first-order chi connectivity index (χ1) is 7.59. The maximum atomic E-state index is 3.58. The Bertz CT molecular complexity index is 183. The van der Waals surface area contributed by atoms with Crippen molar-refractivity contribution in [2.75, 3.05) is 19.6 Å². The molecule has 0 unspecified atom stereocenters. The number of likely N-dealkylation sites (N-methyl/N-ethyl adjacent to an activating group) is 2. The molecule has 0 bridgehead atoms. The van der Waals surface area contributed by atoms with Gasteiger partial charge in [0.05, 0.1) is 0 Å². The molecular weight excluding hydrogens is 196 g/mol. The quantitative estimate of drug-likeness (QED) is 0.749.